The van der Waals surface area contributed by atoms with Gasteiger partial charge in [0, 0.05) is 12.5 Å². The largest absolute Gasteiger partial charge is 0.297 e. The number of rotatable bonds is 4. The van der Waals surface area contributed by atoms with Crippen LogP contribution in [0.2, 0.25) is 0 Å². The van der Waals surface area contributed by atoms with Crippen LogP contribution in [0, 0.1) is 17.1 Å². The maximum absolute atomic E-state index is 12.9. The fourth-order valence-corrected chi connectivity index (χ4v) is 2.83. The summed E-state index contributed by atoms with van der Waals surface area (Å²) in [6, 6.07) is 9.25. The molecule has 2 nitrogen and oxygen atoms in total. The van der Waals surface area contributed by atoms with Crippen LogP contribution in [0.1, 0.15) is 44.6 Å². The van der Waals surface area contributed by atoms with Gasteiger partial charge in [0.1, 0.15) is 11.4 Å². The molecule has 1 aromatic carbocycles. The van der Waals surface area contributed by atoms with Gasteiger partial charge >= 0.3 is 0 Å². The van der Waals surface area contributed by atoms with Crippen molar-refractivity contribution in [3.05, 3.63) is 35.6 Å². The maximum atomic E-state index is 12.9. The van der Waals surface area contributed by atoms with Crippen LogP contribution in [0.25, 0.3) is 0 Å². The summed E-state index contributed by atoms with van der Waals surface area (Å²) in [5.74, 6) is -0.234. The van der Waals surface area contributed by atoms with Crippen LogP contribution in [0.4, 0.5) is 4.39 Å². The molecule has 0 bridgehead atoms. The fourth-order valence-electron chi connectivity index (χ4n) is 2.83. The normalized spacial score (nSPS) is 19.6. The number of hydrogen-bond acceptors (Lipinski definition) is 2. The summed E-state index contributed by atoms with van der Waals surface area (Å²) in [5, 5.41) is 12.9. The van der Waals surface area contributed by atoms with Crippen molar-refractivity contribution in [2.75, 3.05) is 0 Å². The molecule has 19 heavy (non-hydrogen) atoms. The molecule has 1 N–H and O–H groups in total. The predicted molar refractivity (Wildman–Crippen MR) is 74.1 cm³/mol. The van der Waals surface area contributed by atoms with Crippen LogP contribution < -0.4 is 5.32 Å². The first-order valence-corrected chi connectivity index (χ1v) is 7.05. The first-order chi connectivity index (χ1) is 9.11. The minimum Gasteiger partial charge on any atom is -0.297 e. The maximum Gasteiger partial charge on any atom is 0.123 e. The monoisotopic (exact) mass is 260 g/mol. The Hall–Kier alpha value is -1.40. The molecule has 1 unspecified atom stereocenters. The van der Waals surface area contributed by atoms with E-state index in [9.17, 15) is 9.65 Å². The molecule has 0 aliphatic heterocycles. The van der Waals surface area contributed by atoms with Crippen LogP contribution in [-0.4, -0.2) is 11.6 Å². The summed E-state index contributed by atoms with van der Waals surface area (Å²) in [7, 11) is 0. The summed E-state index contributed by atoms with van der Waals surface area (Å²) < 4.78 is 12.9. The Morgan fingerprint density at radius 1 is 1.26 bits per heavy atom. The second-order valence-corrected chi connectivity index (χ2v) is 5.73. The lowest BCUT2D eigenvalue weighted by atomic mass is 9.89. The average Bonchev–Trinajstić information content (AvgIpc) is 2.42. The zero-order valence-electron chi connectivity index (χ0n) is 11.5. The van der Waals surface area contributed by atoms with Crippen molar-refractivity contribution in [3.63, 3.8) is 0 Å². The molecule has 1 saturated carbocycles. The van der Waals surface area contributed by atoms with Gasteiger partial charge in [0.15, 0.2) is 0 Å². The van der Waals surface area contributed by atoms with E-state index in [1.165, 1.54) is 31.4 Å². The SMILES string of the molecule is CC(C#N)(Cc1ccc(F)cc1)NC1CCCCC1. The van der Waals surface area contributed by atoms with Crippen LogP contribution in [0.5, 0.6) is 0 Å². The van der Waals surface area contributed by atoms with Gasteiger partial charge in [0.2, 0.25) is 0 Å². The van der Waals surface area contributed by atoms with E-state index >= 15 is 0 Å². The second-order valence-electron chi connectivity index (χ2n) is 5.73. The third kappa shape index (κ3) is 4.04. The van der Waals surface area contributed by atoms with E-state index < -0.39 is 5.54 Å². The molecule has 1 fully saturated rings. The van der Waals surface area contributed by atoms with E-state index in [0.717, 1.165) is 18.4 Å². The molecule has 102 valence electrons. The molecule has 0 spiro atoms. The van der Waals surface area contributed by atoms with Crippen LogP contribution in [-0.2, 0) is 6.42 Å². The summed E-state index contributed by atoms with van der Waals surface area (Å²) in [5.41, 5.74) is 0.425. The van der Waals surface area contributed by atoms with Crippen molar-refractivity contribution < 1.29 is 4.39 Å². The number of nitrogens with one attached hydrogen (secondary N) is 1. The van der Waals surface area contributed by atoms with Gasteiger partial charge in [-0.3, -0.25) is 5.32 Å². The molecule has 0 aromatic heterocycles. The quantitative estimate of drug-likeness (QED) is 0.898. The molecule has 1 aromatic rings. The Bertz CT molecular complexity index is 443. The van der Waals surface area contributed by atoms with Crippen molar-refractivity contribution in [1.29, 1.82) is 5.26 Å². The lowest BCUT2D eigenvalue weighted by Crippen LogP contribution is -2.49. The Balaban J connectivity index is 2.00. The Morgan fingerprint density at radius 2 is 1.89 bits per heavy atom. The number of nitriles is 1. The van der Waals surface area contributed by atoms with Crippen molar-refractivity contribution in [2.24, 2.45) is 0 Å². The van der Waals surface area contributed by atoms with E-state index in [4.69, 9.17) is 0 Å². The summed E-state index contributed by atoms with van der Waals surface area (Å²) in [6.07, 6.45) is 6.71. The van der Waals surface area contributed by atoms with Crippen LogP contribution in [0.3, 0.4) is 0 Å². The van der Waals surface area contributed by atoms with Gasteiger partial charge in [0.05, 0.1) is 6.07 Å². The molecule has 0 amide bonds. The van der Waals surface area contributed by atoms with Crippen molar-refractivity contribution in [2.45, 2.75) is 57.0 Å². The zero-order valence-corrected chi connectivity index (χ0v) is 11.5. The lowest BCUT2D eigenvalue weighted by Gasteiger charge is -2.32. The number of benzene rings is 1. The van der Waals surface area contributed by atoms with E-state index in [1.54, 1.807) is 12.1 Å². The second kappa shape index (κ2) is 6.16. The van der Waals surface area contributed by atoms with Crippen molar-refractivity contribution in [1.82, 2.24) is 5.32 Å². The van der Waals surface area contributed by atoms with Crippen molar-refractivity contribution in [3.8, 4) is 6.07 Å². The van der Waals surface area contributed by atoms with Gasteiger partial charge in [-0.05, 0) is 37.5 Å². The highest BCUT2D eigenvalue weighted by Crippen LogP contribution is 2.21. The third-order valence-corrected chi connectivity index (χ3v) is 3.85. The minimum atomic E-state index is -0.570. The smallest absolute Gasteiger partial charge is 0.123 e. The van der Waals surface area contributed by atoms with Crippen LogP contribution in [0.15, 0.2) is 24.3 Å². The van der Waals surface area contributed by atoms with Gasteiger partial charge in [-0.2, -0.15) is 5.26 Å². The highest BCUT2D eigenvalue weighted by atomic mass is 19.1. The molecular weight excluding hydrogens is 239 g/mol. The fraction of sp³-hybridized carbons (Fsp3) is 0.562. The molecule has 2 rings (SSSR count). The standard InChI is InChI=1S/C16H21FN2/c1-16(12-18,19-15-5-3-2-4-6-15)11-13-7-9-14(17)10-8-13/h7-10,15,19H,2-6,11H2,1H3. The number of hydrogen-bond donors (Lipinski definition) is 1. The molecular formula is C16H21FN2. The Labute approximate surface area is 114 Å². The van der Waals surface area contributed by atoms with Crippen LogP contribution >= 0.6 is 0 Å². The highest BCUT2D eigenvalue weighted by molar-refractivity contribution is 5.22. The summed E-state index contributed by atoms with van der Waals surface area (Å²) >= 11 is 0. The average molecular weight is 260 g/mol. The van der Waals surface area contributed by atoms with Gasteiger partial charge in [-0.15, -0.1) is 0 Å². The van der Waals surface area contributed by atoms with E-state index in [2.05, 4.69) is 11.4 Å². The Morgan fingerprint density at radius 3 is 2.47 bits per heavy atom. The van der Waals surface area contributed by atoms with E-state index in [-0.39, 0.29) is 5.82 Å². The molecule has 0 saturated heterocycles. The number of halogens is 1. The lowest BCUT2D eigenvalue weighted by molar-refractivity contribution is 0.305. The van der Waals surface area contributed by atoms with E-state index in [0.29, 0.717) is 12.5 Å². The first-order valence-electron chi connectivity index (χ1n) is 7.05. The first kappa shape index (κ1) is 14.0. The highest BCUT2D eigenvalue weighted by Gasteiger charge is 2.28. The Kier molecular flexibility index (Phi) is 4.55. The van der Waals surface area contributed by atoms with Gasteiger partial charge < -0.3 is 0 Å². The molecule has 3 heteroatoms. The van der Waals surface area contributed by atoms with Gasteiger partial charge in [0.25, 0.3) is 0 Å². The number of nitrogens with zero attached hydrogens (tertiary/aromatic N) is 1. The predicted octanol–water partition coefficient (Wildman–Crippen LogP) is 3.57. The molecule has 1 aliphatic carbocycles. The van der Waals surface area contributed by atoms with Crippen molar-refractivity contribution >= 4 is 0 Å². The zero-order chi connectivity index (χ0) is 13.7. The minimum absolute atomic E-state index is 0.234. The third-order valence-electron chi connectivity index (χ3n) is 3.85. The molecule has 0 heterocycles. The van der Waals surface area contributed by atoms with Gasteiger partial charge in [-0.25, -0.2) is 4.39 Å². The summed E-state index contributed by atoms with van der Waals surface area (Å²) in [4.78, 5) is 0. The molecule has 0 radical (unpaired) electrons. The van der Waals surface area contributed by atoms with Gasteiger partial charge in [-0.1, -0.05) is 31.4 Å². The molecule has 1 aliphatic rings. The molecule has 1 atom stereocenters. The topological polar surface area (TPSA) is 35.8 Å². The van der Waals surface area contributed by atoms with E-state index in [1.807, 2.05) is 6.92 Å². The summed E-state index contributed by atoms with van der Waals surface area (Å²) in [6.45, 7) is 1.94.